The smallest absolute Gasteiger partial charge is 0.362 e. The van der Waals surface area contributed by atoms with Gasteiger partial charge in [0.2, 0.25) is 0 Å². The first-order chi connectivity index (χ1) is 20.2. The molecule has 0 bridgehead atoms. The van der Waals surface area contributed by atoms with Crippen molar-refractivity contribution in [3.05, 3.63) is 12.2 Å². The van der Waals surface area contributed by atoms with Gasteiger partial charge in [0.05, 0.1) is 6.54 Å². The number of quaternary nitrogens is 1. The molecule has 0 rings (SSSR count). The highest BCUT2D eigenvalue weighted by Crippen LogP contribution is 2.32. The molecule has 0 heterocycles. The van der Waals surface area contributed by atoms with E-state index in [1.54, 1.807) is 20.8 Å². The number of carboxylic acids is 3. The number of rotatable bonds is 30. The molecule has 0 saturated carbocycles. The lowest BCUT2D eigenvalue weighted by Crippen LogP contribution is -2.72. The van der Waals surface area contributed by atoms with Crippen molar-refractivity contribution >= 4 is 17.9 Å². The fraction of sp³-hybridized carbons (Fsp3) is 0.857. The number of allylic oxidation sites excluding steroid dienone is 2. The van der Waals surface area contributed by atoms with Gasteiger partial charge >= 0.3 is 17.9 Å². The maximum atomic E-state index is 12.3. The van der Waals surface area contributed by atoms with Gasteiger partial charge in [-0.25, -0.2) is 14.4 Å². The highest BCUT2D eigenvalue weighted by Gasteiger charge is 2.55. The Morgan fingerprint density at radius 2 is 0.762 bits per heavy atom. The fourth-order valence-corrected chi connectivity index (χ4v) is 6.80. The van der Waals surface area contributed by atoms with E-state index in [9.17, 15) is 29.7 Å². The Labute approximate surface area is 257 Å². The van der Waals surface area contributed by atoms with Gasteiger partial charge in [-0.15, -0.1) is 0 Å². The molecule has 0 amide bonds. The van der Waals surface area contributed by atoms with E-state index >= 15 is 0 Å². The minimum absolute atomic E-state index is 0.193. The van der Waals surface area contributed by atoms with Crippen LogP contribution in [0.2, 0.25) is 0 Å². The molecule has 7 nitrogen and oxygen atoms in total. The molecule has 3 N–H and O–H groups in total. The van der Waals surface area contributed by atoms with Crippen LogP contribution >= 0.6 is 0 Å². The number of hydrogen-bond donors (Lipinski definition) is 3. The van der Waals surface area contributed by atoms with Crippen LogP contribution in [0.3, 0.4) is 0 Å². The van der Waals surface area contributed by atoms with Crippen LogP contribution in [0, 0.1) is 0 Å². The Bertz CT molecular complexity index is 682. The summed E-state index contributed by atoms with van der Waals surface area (Å²) < 4.78 is -0.405. The van der Waals surface area contributed by atoms with Crippen molar-refractivity contribution in [2.75, 3.05) is 6.54 Å². The van der Waals surface area contributed by atoms with Crippen molar-refractivity contribution in [3.8, 4) is 0 Å². The molecule has 0 spiro atoms. The third kappa shape index (κ3) is 15.5. The molecule has 246 valence electrons. The minimum atomic E-state index is -1.11. The third-order valence-electron chi connectivity index (χ3n) is 9.06. The Morgan fingerprint density at radius 1 is 0.476 bits per heavy atom. The van der Waals surface area contributed by atoms with Gasteiger partial charge in [0, 0.05) is 19.3 Å². The topological polar surface area (TPSA) is 112 Å². The van der Waals surface area contributed by atoms with Gasteiger partial charge in [-0.1, -0.05) is 123 Å². The van der Waals surface area contributed by atoms with Crippen LogP contribution in [0.25, 0.3) is 0 Å². The summed E-state index contributed by atoms with van der Waals surface area (Å²) in [6, 6.07) is -3.19. The molecule has 3 unspecified atom stereocenters. The van der Waals surface area contributed by atoms with Crippen molar-refractivity contribution in [1.82, 2.24) is 0 Å². The van der Waals surface area contributed by atoms with E-state index < -0.39 is 40.5 Å². The highest BCUT2D eigenvalue weighted by molar-refractivity contribution is 5.78. The van der Waals surface area contributed by atoms with Gasteiger partial charge in [-0.05, 0) is 38.5 Å². The van der Waals surface area contributed by atoms with E-state index in [1.807, 2.05) is 0 Å². The molecule has 0 saturated heterocycles. The van der Waals surface area contributed by atoms with E-state index in [1.165, 1.54) is 96.3 Å². The van der Waals surface area contributed by atoms with Gasteiger partial charge < -0.3 is 15.3 Å². The molecule has 42 heavy (non-hydrogen) atoms. The largest absolute Gasteiger partial charge is 0.477 e. The number of aliphatic carboxylic acids is 3. The van der Waals surface area contributed by atoms with Gasteiger partial charge in [-0.2, -0.15) is 0 Å². The van der Waals surface area contributed by atoms with Crippen molar-refractivity contribution in [2.45, 2.75) is 187 Å². The zero-order valence-electron chi connectivity index (χ0n) is 27.7. The summed E-state index contributed by atoms with van der Waals surface area (Å²) in [6.45, 7) is 7.66. The zero-order chi connectivity index (χ0) is 31.6. The van der Waals surface area contributed by atoms with Crippen molar-refractivity contribution in [1.29, 1.82) is 0 Å². The summed E-state index contributed by atoms with van der Waals surface area (Å²) in [5.74, 6) is -3.34. The molecule has 0 radical (unpaired) electrons. The van der Waals surface area contributed by atoms with E-state index in [4.69, 9.17) is 0 Å². The second-order valence-electron chi connectivity index (χ2n) is 12.2. The normalized spacial score (nSPS) is 15.3. The number of carboxylic acid groups (broad SMARTS) is 3. The molecule has 0 aromatic carbocycles. The molecule has 7 heteroatoms. The fourth-order valence-electron chi connectivity index (χ4n) is 6.80. The number of carbonyl (C=O) groups is 3. The summed E-state index contributed by atoms with van der Waals surface area (Å²) >= 11 is 0. The molecule has 0 aromatic heterocycles. The van der Waals surface area contributed by atoms with Crippen LogP contribution < -0.4 is 0 Å². The average Bonchev–Trinajstić information content (AvgIpc) is 2.94. The Balaban J connectivity index is 4.37. The minimum Gasteiger partial charge on any atom is -0.477 e. The lowest BCUT2D eigenvalue weighted by atomic mass is 9.93. The number of unbranched alkanes of at least 4 members (excludes halogenated alkanes) is 17. The molecule has 0 aliphatic carbocycles. The Kier molecular flexibility index (Phi) is 24.4. The van der Waals surface area contributed by atoms with Crippen molar-refractivity contribution in [3.63, 3.8) is 0 Å². The summed E-state index contributed by atoms with van der Waals surface area (Å²) in [4.78, 5) is 36.8. The van der Waals surface area contributed by atoms with Gasteiger partial charge in [0.1, 0.15) is 0 Å². The first kappa shape index (κ1) is 40.1. The monoisotopic (exact) mass is 596 g/mol. The van der Waals surface area contributed by atoms with E-state index in [0.717, 1.165) is 19.3 Å². The van der Waals surface area contributed by atoms with Crippen molar-refractivity contribution in [2.24, 2.45) is 0 Å². The summed E-state index contributed by atoms with van der Waals surface area (Å²) in [7, 11) is 0. The highest BCUT2D eigenvalue weighted by atomic mass is 16.4. The summed E-state index contributed by atoms with van der Waals surface area (Å²) in [5.41, 5.74) is 0. The van der Waals surface area contributed by atoms with E-state index in [-0.39, 0.29) is 25.8 Å². The molecular weight excluding hydrogens is 530 g/mol. The van der Waals surface area contributed by atoms with Crippen LogP contribution in [-0.4, -0.2) is 62.4 Å². The van der Waals surface area contributed by atoms with Crippen LogP contribution in [0.1, 0.15) is 169 Å². The molecule has 0 aromatic rings. The maximum absolute atomic E-state index is 12.3. The molecule has 0 fully saturated rings. The van der Waals surface area contributed by atoms with E-state index in [2.05, 4.69) is 19.1 Å². The second kappa shape index (κ2) is 25.6. The summed E-state index contributed by atoms with van der Waals surface area (Å²) in [5, 5.41) is 30.1. The SMILES string of the molecule is CCCCCCCCC/C=C/CCCCCCCCCCCC[N+](C(CC)C(=O)O)(C(CC)C(=O)O)C(CC)C(=O)O. The average molecular weight is 597 g/mol. The molecule has 3 atom stereocenters. The number of nitrogens with zero attached hydrogens (tertiary/aromatic N) is 1. The van der Waals surface area contributed by atoms with Crippen LogP contribution in [0.5, 0.6) is 0 Å². The van der Waals surface area contributed by atoms with Gasteiger partial charge in [-0.3, -0.25) is 4.48 Å². The Morgan fingerprint density at radius 3 is 1.05 bits per heavy atom. The third-order valence-corrected chi connectivity index (χ3v) is 9.06. The molecule has 0 aliphatic rings. The Hall–Kier alpha value is -1.89. The lowest BCUT2D eigenvalue weighted by molar-refractivity contribution is -0.973. The van der Waals surface area contributed by atoms with E-state index in [0.29, 0.717) is 6.42 Å². The summed E-state index contributed by atoms with van der Waals surface area (Å²) in [6.07, 6.45) is 28.4. The predicted octanol–water partition coefficient (Wildman–Crippen LogP) is 9.38. The maximum Gasteiger partial charge on any atom is 0.362 e. The van der Waals surface area contributed by atoms with Gasteiger partial charge in [0.25, 0.3) is 0 Å². The van der Waals surface area contributed by atoms with Gasteiger partial charge in [0.15, 0.2) is 18.1 Å². The lowest BCUT2D eigenvalue weighted by Gasteiger charge is -2.49. The second-order valence-corrected chi connectivity index (χ2v) is 12.2. The molecule has 0 aliphatic heterocycles. The molecular formula is C35H66NO6+. The van der Waals surface area contributed by atoms with Crippen LogP contribution in [0.15, 0.2) is 12.2 Å². The standard InChI is InChI=1S/C35H65NO6/c1-5-9-10-11-12-13-14-15-16-17-18-19-20-21-22-23-24-25-26-27-28-29-36(30(6-2)33(37)38,31(7-3)34(39)40)32(8-4)35(41)42/h16-17,30-32H,5-15,18-29H2,1-4H3,(H2-,37,38,39,40,41,42)/p+1/b17-16+. The van der Waals surface area contributed by atoms with Crippen LogP contribution in [-0.2, 0) is 14.4 Å². The zero-order valence-corrected chi connectivity index (χ0v) is 27.7. The van der Waals surface area contributed by atoms with Crippen molar-refractivity contribution < 1.29 is 34.2 Å². The predicted molar refractivity (Wildman–Crippen MR) is 173 cm³/mol. The number of hydrogen-bond acceptors (Lipinski definition) is 3. The first-order valence-corrected chi connectivity index (χ1v) is 17.4. The van der Waals surface area contributed by atoms with Crippen LogP contribution in [0.4, 0.5) is 0 Å². The first-order valence-electron chi connectivity index (χ1n) is 17.4. The quantitative estimate of drug-likeness (QED) is 0.0433.